The molecule has 0 radical (unpaired) electrons. The van der Waals surface area contributed by atoms with Crippen molar-refractivity contribution >= 4 is 18.3 Å². The van der Waals surface area contributed by atoms with E-state index in [2.05, 4.69) is 50.4 Å². The fourth-order valence-corrected chi connectivity index (χ4v) is 2.89. The Hall–Kier alpha value is -1.10. The minimum absolute atomic E-state index is 0. The molecule has 0 aliphatic carbocycles. The van der Waals surface area contributed by atoms with Gasteiger partial charge in [0, 0.05) is 38.0 Å². The normalized spacial score (nSPS) is 18.2. The maximum Gasteiger partial charge on any atom is 0.223 e. The molecule has 1 aliphatic heterocycles. The highest BCUT2D eigenvalue weighted by atomic mass is 35.5. The van der Waals surface area contributed by atoms with E-state index in [0.717, 1.165) is 13.2 Å². The molecule has 1 fully saturated rings. The fourth-order valence-electron chi connectivity index (χ4n) is 2.89. The monoisotopic (exact) mass is 340 g/mol. The average molecular weight is 341 g/mol. The number of morpholine rings is 1. The summed E-state index contributed by atoms with van der Waals surface area (Å²) in [5.74, 6) is 0.170. The first-order valence-electron chi connectivity index (χ1n) is 8.01. The highest BCUT2D eigenvalue weighted by Gasteiger charge is 2.26. The van der Waals surface area contributed by atoms with Gasteiger partial charge in [-0.05, 0) is 12.5 Å². The molecule has 0 bridgehead atoms. The molecule has 130 valence electrons. The molecule has 1 aliphatic rings. The third kappa shape index (κ3) is 5.79. The first-order chi connectivity index (χ1) is 10.4. The minimum atomic E-state index is -0.0609. The van der Waals surface area contributed by atoms with Crippen LogP contribution in [0, 0.1) is 6.92 Å². The Morgan fingerprint density at radius 1 is 1.35 bits per heavy atom. The van der Waals surface area contributed by atoms with E-state index in [0.29, 0.717) is 19.6 Å². The summed E-state index contributed by atoms with van der Waals surface area (Å²) in [6, 6.07) is 8.71. The van der Waals surface area contributed by atoms with E-state index in [4.69, 9.17) is 4.74 Å². The van der Waals surface area contributed by atoms with E-state index < -0.39 is 0 Å². The van der Waals surface area contributed by atoms with Crippen LogP contribution >= 0.6 is 12.4 Å². The Morgan fingerprint density at radius 3 is 2.57 bits per heavy atom. The molecule has 5 heteroatoms. The third-order valence-corrected chi connectivity index (χ3v) is 4.31. The quantitative estimate of drug-likeness (QED) is 0.895. The van der Waals surface area contributed by atoms with Crippen molar-refractivity contribution in [3.8, 4) is 0 Å². The Kier molecular flexibility index (Phi) is 7.52. The van der Waals surface area contributed by atoms with Crippen LogP contribution in [0.25, 0.3) is 0 Å². The van der Waals surface area contributed by atoms with Crippen molar-refractivity contribution in [3.63, 3.8) is 0 Å². The number of benzene rings is 1. The van der Waals surface area contributed by atoms with Gasteiger partial charge >= 0.3 is 0 Å². The van der Waals surface area contributed by atoms with Crippen LogP contribution in [-0.4, -0.2) is 50.2 Å². The van der Waals surface area contributed by atoms with Gasteiger partial charge in [0.05, 0.1) is 13.2 Å². The van der Waals surface area contributed by atoms with Gasteiger partial charge in [-0.2, -0.15) is 0 Å². The summed E-state index contributed by atoms with van der Waals surface area (Å²) < 4.78 is 5.41. The van der Waals surface area contributed by atoms with E-state index in [1.54, 1.807) is 0 Å². The Labute approximate surface area is 146 Å². The molecule has 1 N–H and O–H groups in total. The Balaban J connectivity index is 0.00000264. The predicted molar refractivity (Wildman–Crippen MR) is 96.3 cm³/mol. The van der Waals surface area contributed by atoms with Crippen LogP contribution in [0.15, 0.2) is 24.3 Å². The fraction of sp³-hybridized carbons (Fsp3) is 0.611. The lowest BCUT2D eigenvalue weighted by atomic mass is 9.83. The molecule has 1 amide bonds. The van der Waals surface area contributed by atoms with Crippen molar-refractivity contribution in [3.05, 3.63) is 35.4 Å². The molecule has 0 aromatic heterocycles. The van der Waals surface area contributed by atoms with E-state index in [-0.39, 0.29) is 29.8 Å². The van der Waals surface area contributed by atoms with Gasteiger partial charge in [0.15, 0.2) is 0 Å². The maximum atomic E-state index is 12.4. The van der Waals surface area contributed by atoms with Gasteiger partial charge in [0.1, 0.15) is 0 Å². The molecule has 1 atom stereocenters. The van der Waals surface area contributed by atoms with Crippen LogP contribution in [0.1, 0.15) is 31.4 Å². The molecule has 1 saturated heterocycles. The number of hydrogen-bond acceptors (Lipinski definition) is 3. The van der Waals surface area contributed by atoms with Crippen molar-refractivity contribution in [2.24, 2.45) is 0 Å². The summed E-state index contributed by atoms with van der Waals surface area (Å²) in [6.07, 6.45) is 0.500. The number of ether oxygens (including phenoxy) is 1. The van der Waals surface area contributed by atoms with Gasteiger partial charge in [0.2, 0.25) is 5.91 Å². The molecular formula is C18H29ClN2O2. The lowest BCUT2D eigenvalue weighted by molar-refractivity contribution is -0.131. The lowest BCUT2D eigenvalue weighted by Crippen LogP contribution is -2.46. The number of hydrogen-bond donors (Lipinski definition) is 1. The van der Waals surface area contributed by atoms with Gasteiger partial charge in [-0.3, -0.25) is 4.79 Å². The molecule has 1 unspecified atom stereocenters. The summed E-state index contributed by atoms with van der Waals surface area (Å²) in [4.78, 5) is 14.2. The van der Waals surface area contributed by atoms with Crippen LogP contribution in [-0.2, 0) is 14.9 Å². The number of nitrogens with zero attached hydrogens (tertiary/aromatic N) is 1. The molecule has 0 saturated carbocycles. The number of carbonyl (C=O) groups is 1. The molecule has 1 heterocycles. The second-order valence-corrected chi connectivity index (χ2v) is 6.93. The van der Waals surface area contributed by atoms with Crippen molar-refractivity contribution in [1.82, 2.24) is 10.2 Å². The smallest absolute Gasteiger partial charge is 0.223 e. The van der Waals surface area contributed by atoms with Gasteiger partial charge in [0.25, 0.3) is 0 Å². The molecule has 0 spiro atoms. The Bertz CT molecular complexity index is 496. The van der Waals surface area contributed by atoms with Crippen LogP contribution in [0.5, 0.6) is 0 Å². The number of rotatable bonds is 5. The van der Waals surface area contributed by atoms with Crippen LogP contribution in [0.4, 0.5) is 0 Å². The largest absolute Gasteiger partial charge is 0.378 e. The van der Waals surface area contributed by atoms with Gasteiger partial charge in [-0.15, -0.1) is 12.4 Å². The highest BCUT2D eigenvalue weighted by Crippen LogP contribution is 2.24. The van der Waals surface area contributed by atoms with Crippen molar-refractivity contribution in [2.45, 2.75) is 38.6 Å². The predicted octanol–water partition coefficient (Wildman–Crippen LogP) is 2.53. The average Bonchev–Trinajstić information content (AvgIpc) is 2.48. The SMILES string of the molecule is Cc1ccc(C(C)(C)CN(C)C(=O)CC2COCCN2)cc1.Cl. The third-order valence-electron chi connectivity index (χ3n) is 4.31. The zero-order valence-electron chi connectivity index (χ0n) is 14.6. The number of carbonyl (C=O) groups excluding carboxylic acids is 1. The van der Waals surface area contributed by atoms with Crippen LogP contribution < -0.4 is 5.32 Å². The first kappa shape index (κ1) is 19.9. The van der Waals surface area contributed by atoms with Crippen LogP contribution in [0.2, 0.25) is 0 Å². The second kappa shape index (κ2) is 8.67. The molecule has 2 rings (SSSR count). The maximum absolute atomic E-state index is 12.4. The summed E-state index contributed by atoms with van der Waals surface area (Å²) in [5.41, 5.74) is 2.46. The molecule has 23 heavy (non-hydrogen) atoms. The summed E-state index contributed by atoms with van der Waals surface area (Å²) in [6.45, 7) is 9.36. The minimum Gasteiger partial charge on any atom is -0.378 e. The van der Waals surface area contributed by atoms with Gasteiger partial charge < -0.3 is 15.0 Å². The summed E-state index contributed by atoms with van der Waals surface area (Å²) >= 11 is 0. The molecular weight excluding hydrogens is 312 g/mol. The van der Waals surface area contributed by atoms with E-state index >= 15 is 0 Å². The van der Waals surface area contributed by atoms with E-state index in [9.17, 15) is 4.79 Å². The topological polar surface area (TPSA) is 41.6 Å². The standard InChI is InChI=1S/C18H28N2O2.ClH/c1-14-5-7-15(8-6-14)18(2,3)13-20(4)17(21)11-16-12-22-10-9-19-16;/h5-8,16,19H,9-13H2,1-4H3;1H. The molecule has 4 nitrogen and oxygen atoms in total. The molecule has 1 aromatic carbocycles. The Morgan fingerprint density at radius 2 is 2.00 bits per heavy atom. The summed E-state index contributed by atoms with van der Waals surface area (Å²) in [7, 11) is 1.89. The van der Waals surface area contributed by atoms with Crippen LogP contribution in [0.3, 0.4) is 0 Å². The van der Waals surface area contributed by atoms with E-state index in [1.165, 1.54) is 11.1 Å². The van der Waals surface area contributed by atoms with Crippen molar-refractivity contribution < 1.29 is 9.53 Å². The number of nitrogens with one attached hydrogen (secondary N) is 1. The zero-order valence-corrected chi connectivity index (χ0v) is 15.4. The number of likely N-dealkylation sites (N-methyl/N-ethyl adjacent to an activating group) is 1. The van der Waals surface area contributed by atoms with Crippen molar-refractivity contribution in [1.29, 1.82) is 0 Å². The van der Waals surface area contributed by atoms with Gasteiger partial charge in [-0.25, -0.2) is 0 Å². The first-order valence-corrected chi connectivity index (χ1v) is 8.01. The number of amides is 1. The van der Waals surface area contributed by atoms with Gasteiger partial charge in [-0.1, -0.05) is 43.7 Å². The van der Waals surface area contributed by atoms with Crippen molar-refractivity contribution in [2.75, 3.05) is 33.4 Å². The highest BCUT2D eigenvalue weighted by molar-refractivity contribution is 5.85. The second-order valence-electron chi connectivity index (χ2n) is 6.93. The molecule has 1 aromatic rings. The number of halogens is 1. The lowest BCUT2D eigenvalue weighted by Gasteiger charge is -2.32. The van der Waals surface area contributed by atoms with E-state index in [1.807, 2.05) is 11.9 Å². The zero-order chi connectivity index (χ0) is 16.2. The number of aryl methyl sites for hydroxylation is 1. The summed E-state index contributed by atoms with van der Waals surface area (Å²) in [5, 5.41) is 3.33.